The van der Waals surface area contributed by atoms with Crippen molar-refractivity contribution in [1.82, 2.24) is 5.43 Å². The molecule has 2 aromatic rings. The summed E-state index contributed by atoms with van der Waals surface area (Å²) in [6.45, 7) is 6.17. The van der Waals surface area contributed by atoms with Crippen molar-refractivity contribution >= 4 is 11.6 Å². The van der Waals surface area contributed by atoms with Crippen LogP contribution in [-0.2, 0) is 4.79 Å². The maximum absolute atomic E-state index is 12.5. The molecule has 2 aromatic carbocycles. The summed E-state index contributed by atoms with van der Waals surface area (Å²) in [4.78, 5) is 12.5. The summed E-state index contributed by atoms with van der Waals surface area (Å²) in [5.41, 5.74) is 8.88. The monoisotopic (exact) mass is 282 g/mol. The zero-order valence-electron chi connectivity index (χ0n) is 12.8. The predicted octanol–water partition coefficient (Wildman–Crippen LogP) is 3.88. The van der Waals surface area contributed by atoms with Gasteiger partial charge in [-0.15, -0.1) is 0 Å². The van der Waals surface area contributed by atoms with Gasteiger partial charge in [-0.1, -0.05) is 61.9 Å². The molecule has 2 rings (SSSR count). The van der Waals surface area contributed by atoms with E-state index < -0.39 is 0 Å². The first kappa shape index (κ1) is 15.1. The van der Waals surface area contributed by atoms with E-state index in [9.17, 15) is 4.79 Å². The Morgan fingerprint density at radius 1 is 0.952 bits per heavy atom. The number of hydrogen-bond donors (Lipinski definition) is 2. The average molecular weight is 282 g/mol. The largest absolute Gasteiger partial charge is 0.299 e. The molecule has 0 aromatic heterocycles. The van der Waals surface area contributed by atoms with E-state index in [0.29, 0.717) is 0 Å². The second-order valence-electron chi connectivity index (χ2n) is 5.61. The molecule has 0 radical (unpaired) electrons. The number of amides is 1. The molecule has 3 heteroatoms. The van der Waals surface area contributed by atoms with E-state index in [4.69, 9.17) is 0 Å². The maximum Gasteiger partial charge on any atom is 0.246 e. The summed E-state index contributed by atoms with van der Waals surface area (Å²) in [5.74, 6) is 0.0461. The molecule has 110 valence electrons. The summed E-state index contributed by atoms with van der Waals surface area (Å²) in [7, 11) is 0. The van der Waals surface area contributed by atoms with Crippen LogP contribution in [0.25, 0.3) is 0 Å². The highest BCUT2D eigenvalue weighted by molar-refractivity contribution is 5.84. The maximum atomic E-state index is 12.5. The van der Waals surface area contributed by atoms with E-state index in [2.05, 4.69) is 24.7 Å². The van der Waals surface area contributed by atoms with Crippen LogP contribution in [0.1, 0.15) is 30.9 Å². The molecule has 0 saturated carbocycles. The summed E-state index contributed by atoms with van der Waals surface area (Å²) >= 11 is 0. The number of aryl methyl sites for hydroxylation is 1. The minimum atomic E-state index is -0.165. The number of carbonyl (C=O) groups is 1. The minimum absolute atomic E-state index is 0.0160. The topological polar surface area (TPSA) is 41.1 Å². The fourth-order valence-electron chi connectivity index (χ4n) is 2.35. The van der Waals surface area contributed by atoms with E-state index >= 15 is 0 Å². The summed E-state index contributed by atoms with van der Waals surface area (Å²) in [5, 5.41) is 0. The lowest BCUT2D eigenvalue weighted by Crippen LogP contribution is -2.36. The van der Waals surface area contributed by atoms with Crippen molar-refractivity contribution in [2.45, 2.75) is 26.7 Å². The average Bonchev–Trinajstić information content (AvgIpc) is 2.48. The molecule has 0 fully saturated rings. The van der Waals surface area contributed by atoms with Gasteiger partial charge in [0.2, 0.25) is 5.91 Å². The zero-order valence-corrected chi connectivity index (χ0v) is 12.8. The van der Waals surface area contributed by atoms with E-state index in [1.165, 1.54) is 5.56 Å². The van der Waals surface area contributed by atoms with Crippen molar-refractivity contribution in [1.29, 1.82) is 0 Å². The van der Waals surface area contributed by atoms with Crippen molar-refractivity contribution in [2.24, 2.45) is 5.92 Å². The smallest absolute Gasteiger partial charge is 0.246 e. The number of carbonyl (C=O) groups excluding carboxylic acids is 1. The standard InChI is InChI=1S/C18H22N2O/c1-13(2)17(15-11-9-14(3)10-12-15)18(21)20-19-16-7-5-4-6-8-16/h4-13,17,19H,1-3H3,(H,20,21). The Hall–Kier alpha value is -2.29. The Kier molecular flexibility index (Phi) is 4.99. The molecule has 1 amide bonds. The van der Waals surface area contributed by atoms with Crippen molar-refractivity contribution < 1.29 is 4.79 Å². The Labute approximate surface area is 126 Å². The Morgan fingerprint density at radius 2 is 1.57 bits per heavy atom. The normalized spacial score (nSPS) is 12.0. The summed E-state index contributed by atoms with van der Waals surface area (Å²) in [6.07, 6.45) is 0. The van der Waals surface area contributed by atoms with Crippen LogP contribution in [0, 0.1) is 12.8 Å². The molecule has 3 nitrogen and oxygen atoms in total. The SMILES string of the molecule is Cc1ccc(C(C(=O)NNc2ccccc2)C(C)C)cc1. The fraction of sp³-hybridized carbons (Fsp3) is 0.278. The summed E-state index contributed by atoms with van der Waals surface area (Å²) in [6, 6.07) is 17.8. The number of anilines is 1. The van der Waals surface area contributed by atoms with Crippen LogP contribution < -0.4 is 10.9 Å². The molecule has 0 bridgehead atoms. The third kappa shape index (κ3) is 4.09. The van der Waals surface area contributed by atoms with Crippen molar-refractivity contribution in [2.75, 3.05) is 5.43 Å². The van der Waals surface area contributed by atoms with Crippen LogP contribution in [0.4, 0.5) is 5.69 Å². The Balaban J connectivity index is 2.07. The fourth-order valence-corrected chi connectivity index (χ4v) is 2.35. The first-order valence-corrected chi connectivity index (χ1v) is 7.25. The molecule has 0 spiro atoms. The van der Waals surface area contributed by atoms with Gasteiger partial charge in [-0.2, -0.15) is 0 Å². The van der Waals surface area contributed by atoms with Crippen LogP contribution in [0.2, 0.25) is 0 Å². The van der Waals surface area contributed by atoms with Gasteiger partial charge in [-0.3, -0.25) is 15.6 Å². The molecule has 1 atom stereocenters. The second-order valence-corrected chi connectivity index (χ2v) is 5.61. The zero-order chi connectivity index (χ0) is 15.2. The number of hydrogen-bond acceptors (Lipinski definition) is 2. The van der Waals surface area contributed by atoms with E-state index in [1.54, 1.807) is 0 Å². The quantitative estimate of drug-likeness (QED) is 0.817. The first-order valence-electron chi connectivity index (χ1n) is 7.25. The third-order valence-corrected chi connectivity index (χ3v) is 3.49. The van der Waals surface area contributed by atoms with Crippen LogP contribution in [0.5, 0.6) is 0 Å². The van der Waals surface area contributed by atoms with Gasteiger partial charge in [0.05, 0.1) is 11.6 Å². The lowest BCUT2D eigenvalue weighted by molar-refractivity contribution is -0.123. The van der Waals surface area contributed by atoms with Crippen molar-refractivity contribution in [3.8, 4) is 0 Å². The molecule has 21 heavy (non-hydrogen) atoms. The number of benzene rings is 2. The van der Waals surface area contributed by atoms with Crippen LogP contribution in [-0.4, -0.2) is 5.91 Å². The molecule has 1 unspecified atom stereocenters. The van der Waals surface area contributed by atoms with Gasteiger partial charge in [0.1, 0.15) is 0 Å². The van der Waals surface area contributed by atoms with Crippen LogP contribution in [0.15, 0.2) is 54.6 Å². The molecular weight excluding hydrogens is 260 g/mol. The highest BCUT2D eigenvalue weighted by Gasteiger charge is 2.23. The Morgan fingerprint density at radius 3 is 2.14 bits per heavy atom. The molecule has 2 N–H and O–H groups in total. The highest BCUT2D eigenvalue weighted by atomic mass is 16.2. The van der Waals surface area contributed by atoms with E-state index in [1.807, 2.05) is 61.5 Å². The van der Waals surface area contributed by atoms with Gasteiger partial charge in [-0.25, -0.2) is 0 Å². The van der Waals surface area contributed by atoms with E-state index in [0.717, 1.165) is 11.3 Å². The van der Waals surface area contributed by atoms with Gasteiger partial charge in [0.25, 0.3) is 0 Å². The van der Waals surface area contributed by atoms with E-state index in [-0.39, 0.29) is 17.7 Å². The number of nitrogens with one attached hydrogen (secondary N) is 2. The van der Waals surface area contributed by atoms with Gasteiger partial charge in [0, 0.05) is 0 Å². The predicted molar refractivity (Wildman–Crippen MR) is 87.0 cm³/mol. The lowest BCUT2D eigenvalue weighted by Gasteiger charge is -2.21. The van der Waals surface area contributed by atoms with Gasteiger partial charge >= 0.3 is 0 Å². The second kappa shape index (κ2) is 6.93. The number of para-hydroxylation sites is 1. The molecular formula is C18H22N2O. The minimum Gasteiger partial charge on any atom is -0.299 e. The molecule has 0 aliphatic carbocycles. The Bertz CT molecular complexity index is 576. The molecule has 0 heterocycles. The van der Waals surface area contributed by atoms with Crippen molar-refractivity contribution in [3.05, 3.63) is 65.7 Å². The third-order valence-electron chi connectivity index (χ3n) is 3.49. The number of hydrazine groups is 1. The lowest BCUT2D eigenvalue weighted by atomic mass is 9.87. The van der Waals surface area contributed by atoms with Gasteiger partial charge in [0.15, 0.2) is 0 Å². The van der Waals surface area contributed by atoms with Crippen molar-refractivity contribution in [3.63, 3.8) is 0 Å². The number of rotatable bonds is 5. The van der Waals surface area contributed by atoms with Gasteiger partial charge in [-0.05, 0) is 30.5 Å². The van der Waals surface area contributed by atoms with Crippen LogP contribution >= 0.6 is 0 Å². The molecule has 0 aliphatic rings. The van der Waals surface area contributed by atoms with Gasteiger partial charge < -0.3 is 0 Å². The van der Waals surface area contributed by atoms with Crippen LogP contribution in [0.3, 0.4) is 0 Å². The highest BCUT2D eigenvalue weighted by Crippen LogP contribution is 2.25. The molecule has 0 saturated heterocycles. The summed E-state index contributed by atoms with van der Waals surface area (Å²) < 4.78 is 0. The first-order chi connectivity index (χ1) is 10.1. The molecule has 0 aliphatic heterocycles.